The first-order valence-electron chi connectivity index (χ1n) is 20.5. The summed E-state index contributed by atoms with van der Waals surface area (Å²) in [6, 6.07) is 0. The summed E-state index contributed by atoms with van der Waals surface area (Å²) in [5.74, 6) is -1.07. The van der Waals surface area contributed by atoms with Crippen LogP contribution in [-0.2, 0) is 28.6 Å². The van der Waals surface area contributed by atoms with E-state index in [4.69, 9.17) is 14.2 Å². The van der Waals surface area contributed by atoms with Crippen molar-refractivity contribution in [3.63, 3.8) is 0 Å². The molecule has 6 heteroatoms. The van der Waals surface area contributed by atoms with Crippen LogP contribution in [0.5, 0.6) is 0 Å². The number of allylic oxidation sites excluding steroid dienone is 18. The number of carbonyl (C=O) groups excluding carboxylic acids is 3. The average Bonchev–Trinajstić information content (AvgIpc) is 3.15. The Hall–Kier alpha value is -3.93. The van der Waals surface area contributed by atoms with Crippen LogP contribution in [0.25, 0.3) is 0 Å². The number of esters is 3. The smallest absolute Gasteiger partial charge is 0.306 e. The highest BCUT2D eigenvalue weighted by Crippen LogP contribution is 2.11. The quantitative estimate of drug-likeness (QED) is 0.0215. The number of hydrogen-bond acceptors (Lipinski definition) is 6. The second-order valence-corrected chi connectivity index (χ2v) is 13.0. The molecule has 0 aliphatic heterocycles. The van der Waals surface area contributed by atoms with Gasteiger partial charge in [0, 0.05) is 19.3 Å². The second-order valence-electron chi connectivity index (χ2n) is 13.0. The van der Waals surface area contributed by atoms with Crippen LogP contribution in [0, 0.1) is 0 Å². The van der Waals surface area contributed by atoms with E-state index in [1.807, 2.05) is 66.8 Å². The first kappa shape index (κ1) is 49.1. The lowest BCUT2D eigenvalue weighted by atomic mass is 10.1. The topological polar surface area (TPSA) is 78.9 Å². The van der Waals surface area contributed by atoms with Crippen LogP contribution in [0.15, 0.2) is 109 Å². The largest absolute Gasteiger partial charge is 0.462 e. The van der Waals surface area contributed by atoms with Crippen molar-refractivity contribution in [1.29, 1.82) is 0 Å². The Kier molecular flexibility index (Phi) is 37.8. The molecule has 0 saturated carbocycles. The van der Waals surface area contributed by atoms with Crippen molar-refractivity contribution in [2.45, 2.75) is 155 Å². The molecule has 296 valence electrons. The number of hydrogen-bond donors (Lipinski definition) is 0. The van der Waals surface area contributed by atoms with Gasteiger partial charge in [-0.3, -0.25) is 14.4 Å². The Bertz CT molecular complexity index is 1160. The standard InChI is InChI=1S/C47H72O6/c1-4-7-10-13-16-19-21-23-25-28-31-34-37-40-46(49)52-43-44(42-51-45(48)39-36-33-30-27-18-15-12-9-6-3)53-47(50)41-38-35-32-29-26-24-22-20-17-14-11-8-5-2/h7-8,10-11,13-14,16-17,19-23,25,27-28,30-31,44H,4-6,9,12,15,18,24,26,29,32-43H2,1-3H3/b10-7-,11-8-,16-13-,17-14-,21-19-,22-20-,25-23-,30-27-,31-28-. The van der Waals surface area contributed by atoms with Gasteiger partial charge in [-0.25, -0.2) is 0 Å². The first-order chi connectivity index (χ1) is 26.0. The lowest BCUT2D eigenvalue weighted by Gasteiger charge is -2.18. The summed E-state index contributed by atoms with van der Waals surface area (Å²) in [6.45, 7) is 6.16. The summed E-state index contributed by atoms with van der Waals surface area (Å²) in [7, 11) is 0. The van der Waals surface area contributed by atoms with Gasteiger partial charge < -0.3 is 14.2 Å². The third kappa shape index (κ3) is 39.1. The van der Waals surface area contributed by atoms with Crippen molar-refractivity contribution in [2.24, 2.45) is 0 Å². The molecule has 0 spiro atoms. The monoisotopic (exact) mass is 733 g/mol. The predicted octanol–water partition coefficient (Wildman–Crippen LogP) is 12.9. The van der Waals surface area contributed by atoms with Crippen molar-refractivity contribution < 1.29 is 28.6 Å². The summed E-state index contributed by atoms with van der Waals surface area (Å²) < 4.78 is 16.5. The molecule has 0 amide bonds. The molecule has 0 bridgehead atoms. The number of unbranched alkanes of at least 4 members (excludes halogenated alkanes) is 11. The van der Waals surface area contributed by atoms with Crippen LogP contribution in [0.4, 0.5) is 0 Å². The minimum absolute atomic E-state index is 0.128. The van der Waals surface area contributed by atoms with Gasteiger partial charge in [0.15, 0.2) is 6.10 Å². The van der Waals surface area contributed by atoms with E-state index in [0.717, 1.165) is 70.6 Å². The van der Waals surface area contributed by atoms with Crippen LogP contribution in [0.3, 0.4) is 0 Å². The van der Waals surface area contributed by atoms with Gasteiger partial charge in [-0.15, -0.1) is 0 Å². The van der Waals surface area contributed by atoms with Gasteiger partial charge in [0.1, 0.15) is 13.2 Å². The van der Waals surface area contributed by atoms with Crippen LogP contribution >= 0.6 is 0 Å². The summed E-state index contributed by atoms with van der Waals surface area (Å²) in [4.78, 5) is 37.5. The van der Waals surface area contributed by atoms with E-state index < -0.39 is 6.10 Å². The third-order valence-corrected chi connectivity index (χ3v) is 7.93. The average molecular weight is 733 g/mol. The lowest BCUT2D eigenvalue weighted by Crippen LogP contribution is -2.30. The van der Waals surface area contributed by atoms with Crippen molar-refractivity contribution in [3.05, 3.63) is 109 Å². The number of carbonyl (C=O) groups is 3. The predicted molar refractivity (Wildman–Crippen MR) is 223 cm³/mol. The van der Waals surface area contributed by atoms with Crippen LogP contribution < -0.4 is 0 Å². The molecular formula is C47H72O6. The summed E-state index contributed by atoms with van der Waals surface area (Å²) in [6.07, 6.45) is 53.7. The third-order valence-electron chi connectivity index (χ3n) is 7.93. The summed E-state index contributed by atoms with van der Waals surface area (Å²) >= 11 is 0. The van der Waals surface area contributed by atoms with Crippen molar-refractivity contribution in [2.75, 3.05) is 13.2 Å². The summed E-state index contributed by atoms with van der Waals surface area (Å²) in [5, 5.41) is 0. The van der Waals surface area contributed by atoms with Crippen molar-refractivity contribution in [1.82, 2.24) is 0 Å². The maximum absolute atomic E-state index is 12.7. The fourth-order valence-electron chi connectivity index (χ4n) is 4.88. The molecule has 53 heavy (non-hydrogen) atoms. The molecule has 0 aromatic rings. The molecule has 0 fully saturated rings. The minimum Gasteiger partial charge on any atom is -0.462 e. The van der Waals surface area contributed by atoms with E-state index in [-0.39, 0.29) is 50.4 Å². The Morgan fingerprint density at radius 2 is 0.774 bits per heavy atom. The molecule has 0 aromatic carbocycles. The summed E-state index contributed by atoms with van der Waals surface area (Å²) in [5.41, 5.74) is 0. The molecule has 0 aliphatic carbocycles. The first-order valence-corrected chi connectivity index (χ1v) is 20.5. The molecule has 0 radical (unpaired) electrons. The van der Waals surface area contributed by atoms with Crippen molar-refractivity contribution >= 4 is 17.9 Å². The number of ether oxygens (including phenoxy) is 3. The molecule has 1 atom stereocenters. The molecule has 6 nitrogen and oxygen atoms in total. The van der Waals surface area contributed by atoms with Gasteiger partial charge in [0.25, 0.3) is 0 Å². The Balaban J connectivity index is 4.60. The number of rotatable bonds is 34. The molecule has 0 rings (SSSR count). The lowest BCUT2D eigenvalue weighted by molar-refractivity contribution is -0.167. The van der Waals surface area contributed by atoms with E-state index in [9.17, 15) is 14.4 Å². The van der Waals surface area contributed by atoms with Crippen LogP contribution in [-0.4, -0.2) is 37.2 Å². The van der Waals surface area contributed by atoms with Gasteiger partial charge in [0.05, 0.1) is 0 Å². The fraction of sp³-hybridized carbons (Fsp3) is 0.553. The second kappa shape index (κ2) is 40.8. The Labute approximate surface area is 323 Å². The van der Waals surface area contributed by atoms with E-state index >= 15 is 0 Å². The fourth-order valence-corrected chi connectivity index (χ4v) is 4.88. The van der Waals surface area contributed by atoms with E-state index in [0.29, 0.717) is 12.8 Å². The zero-order chi connectivity index (χ0) is 38.7. The molecule has 0 saturated heterocycles. The maximum atomic E-state index is 12.7. The highest BCUT2D eigenvalue weighted by Gasteiger charge is 2.19. The highest BCUT2D eigenvalue weighted by molar-refractivity contribution is 5.71. The molecule has 0 aromatic heterocycles. The molecular weight excluding hydrogens is 661 g/mol. The Morgan fingerprint density at radius 3 is 1.28 bits per heavy atom. The van der Waals surface area contributed by atoms with Gasteiger partial charge in [-0.2, -0.15) is 0 Å². The molecule has 0 heterocycles. The maximum Gasteiger partial charge on any atom is 0.306 e. The van der Waals surface area contributed by atoms with E-state index in [2.05, 4.69) is 63.3 Å². The molecule has 0 N–H and O–H groups in total. The van der Waals surface area contributed by atoms with E-state index in [1.165, 1.54) is 25.7 Å². The zero-order valence-electron chi connectivity index (χ0n) is 33.5. The normalized spacial score (nSPS) is 13.2. The van der Waals surface area contributed by atoms with Gasteiger partial charge in [-0.1, -0.05) is 169 Å². The minimum atomic E-state index is -0.827. The van der Waals surface area contributed by atoms with E-state index in [1.54, 1.807) is 0 Å². The van der Waals surface area contributed by atoms with Crippen LogP contribution in [0.2, 0.25) is 0 Å². The van der Waals surface area contributed by atoms with Gasteiger partial charge in [0.2, 0.25) is 0 Å². The van der Waals surface area contributed by atoms with Crippen molar-refractivity contribution in [3.8, 4) is 0 Å². The molecule has 0 aliphatic rings. The zero-order valence-corrected chi connectivity index (χ0v) is 33.5. The highest BCUT2D eigenvalue weighted by atomic mass is 16.6. The SMILES string of the molecule is CC\C=C/C=C\C=C/C=C\C=C/CCCC(=O)OCC(COC(=O)CCC/C=C\CCCCCC)OC(=O)CCCCCCC\C=C/C=C\C=C/CC. The van der Waals surface area contributed by atoms with Gasteiger partial charge in [-0.05, 0) is 70.6 Å². The molecule has 1 unspecified atom stereocenters. The van der Waals surface area contributed by atoms with Crippen LogP contribution in [0.1, 0.15) is 149 Å². The van der Waals surface area contributed by atoms with Gasteiger partial charge >= 0.3 is 17.9 Å². The Morgan fingerprint density at radius 1 is 0.396 bits per heavy atom.